The first-order valence-electron chi connectivity index (χ1n) is 10.6. The summed E-state index contributed by atoms with van der Waals surface area (Å²) in [7, 11) is 1.97. The van der Waals surface area contributed by atoms with Crippen LogP contribution in [0.4, 0.5) is 0 Å². The van der Waals surface area contributed by atoms with E-state index in [0.717, 1.165) is 44.4 Å². The number of rotatable bonds is 0. The molecule has 30 heavy (non-hydrogen) atoms. The van der Waals surface area contributed by atoms with Crippen molar-refractivity contribution in [2.45, 2.75) is 59.0 Å². The molecule has 0 amide bonds. The van der Waals surface area contributed by atoms with Crippen LogP contribution >= 0.6 is 0 Å². The number of pyridine rings is 1. The molecule has 0 saturated heterocycles. The Hall–Kier alpha value is -2.88. The van der Waals surface area contributed by atoms with E-state index in [9.17, 15) is 0 Å². The second-order valence-electron chi connectivity index (χ2n) is 10.5. The second-order valence-corrected chi connectivity index (χ2v) is 10.5. The lowest BCUT2D eigenvalue weighted by atomic mass is 9.78. The van der Waals surface area contributed by atoms with Gasteiger partial charge in [-0.25, -0.2) is 4.98 Å². The minimum Gasteiger partial charge on any atom is -0.488 e. The third-order valence-corrected chi connectivity index (χ3v) is 6.18. The quantitative estimate of drug-likeness (QED) is 0.349. The fraction of sp³-hybridized carbons (Fsp3) is 0.385. The summed E-state index contributed by atoms with van der Waals surface area (Å²) in [6.45, 7) is 14.1. The highest BCUT2D eigenvalue weighted by atomic mass is 16.5. The fourth-order valence-corrected chi connectivity index (χ4v) is 4.35. The molecule has 1 aliphatic rings. The highest BCUT2D eigenvalue weighted by Crippen LogP contribution is 2.46. The first kappa shape index (κ1) is 19.1. The Morgan fingerprint density at radius 3 is 2.43 bits per heavy atom. The summed E-state index contributed by atoms with van der Waals surface area (Å²) in [6.07, 6.45) is 1.92. The number of fused-ring (bicyclic) bond motifs is 6. The molecule has 0 atom stereocenters. The largest absolute Gasteiger partial charge is 0.488 e. The van der Waals surface area contributed by atoms with Gasteiger partial charge in [0.25, 0.3) is 0 Å². The third kappa shape index (κ3) is 2.81. The molecule has 0 unspecified atom stereocenters. The molecule has 0 spiro atoms. The molecular weight excluding hydrogens is 370 g/mol. The SMILES string of the molecule is Cn1ncc2c3nc4c(cc3ccc21)COc1c-4cc(C(C)(C)C)cc1C(C)(C)C. The van der Waals surface area contributed by atoms with Crippen molar-refractivity contribution in [2.24, 2.45) is 7.05 Å². The predicted octanol–water partition coefficient (Wildman–Crippen LogP) is 6.28. The third-order valence-electron chi connectivity index (χ3n) is 6.18. The van der Waals surface area contributed by atoms with Crippen LogP contribution in [0.1, 0.15) is 58.2 Å². The summed E-state index contributed by atoms with van der Waals surface area (Å²) in [6, 6.07) is 11.1. The number of hydrogen-bond donors (Lipinski definition) is 0. The van der Waals surface area contributed by atoms with Crippen LogP contribution in [0.3, 0.4) is 0 Å². The van der Waals surface area contributed by atoms with Crippen LogP contribution < -0.4 is 4.74 Å². The molecule has 0 fully saturated rings. The maximum Gasteiger partial charge on any atom is 0.132 e. The van der Waals surface area contributed by atoms with Crippen molar-refractivity contribution in [1.29, 1.82) is 0 Å². The average Bonchev–Trinajstić information content (AvgIpc) is 3.05. The topological polar surface area (TPSA) is 39.9 Å². The van der Waals surface area contributed by atoms with Crippen LogP contribution in [0, 0.1) is 0 Å². The minimum absolute atomic E-state index is 0.0175. The van der Waals surface area contributed by atoms with Crippen molar-refractivity contribution in [3.8, 4) is 17.0 Å². The highest BCUT2D eigenvalue weighted by Gasteiger charge is 2.30. The summed E-state index contributed by atoms with van der Waals surface area (Å²) < 4.78 is 8.26. The molecule has 3 heterocycles. The summed E-state index contributed by atoms with van der Waals surface area (Å²) >= 11 is 0. The van der Waals surface area contributed by atoms with E-state index >= 15 is 0 Å². The van der Waals surface area contributed by atoms with E-state index in [1.54, 1.807) is 0 Å². The Morgan fingerprint density at radius 1 is 0.967 bits per heavy atom. The molecule has 0 aliphatic carbocycles. The van der Waals surface area contributed by atoms with Crippen LogP contribution in [0.15, 0.2) is 36.5 Å². The lowest BCUT2D eigenvalue weighted by Crippen LogP contribution is -2.20. The maximum absolute atomic E-state index is 6.36. The molecule has 1 aliphatic heterocycles. The normalized spacial score (nSPS) is 14.0. The van der Waals surface area contributed by atoms with E-state index in [2.05, 4.69) is 77.0 Å². The van der Waals surface area contributed by atoms with Crippen molar-refractivity contribution in [3.05, 3.63) is 53.2 Å². The van der Waals surface area contributed by atoms with E-state index in [1.165, 1.54) is 11.1 Å². The lowest BCUT2D eigenvalue weighted by molar-refractivity contribution is 0.293. The van der Waals surface area contributed by atoms with Gasteiger partial charge >= 0.3 is 0 Å². The van der Waals surface area contributed by atoms with Crippen molar-refractivity contribution in [3.63, 3.8) is 0 Å². The monoisotopic (exact) mass is 399 g/mol. The van der Waals surface area contributed by atoms with Crippen molar-refractivity contribution in [1.82, 2.24) is 14.8 Å². The van der Waals surface area contributed by atoms with Crippen LogP contribution in [-0.2, 0) is 24.5 Å². The van der Waals surface area contributed by atoms with Gasteiger partial charge in [0.1, 0.15) is 12.4 Å². The minimum atomic E-state index is -0.0175. The Bertz CT molecular complexity index is 1320. The first-order chi connectivity index (χ1) is 14.0. The van der Waals surface area contributed by atoms with Gasteiger partial charge in [-0.05, 0) is 34.6 Å². The number of aryl methyl sites for hydroxylation is 1. The summed E-state index contributed by atoms with van der Waals surface area (Å²) in [5.41, 5.74) is 7.97. The number of aromatic nitrogens is 3. The standard InChI is InChI=1S/C26H29N3O/c1-25(2,3)17-11-18-23-16(14-30-24(18)20(12-17)26(4,5)6)10-15-8-9-21-19(22(15)28-23)13-27-29(21)7/h8-13H,14H2,1-7H3. The molecule has 2 aromatic carbocycles. The zero-order valence-corrected chi connectivity index (χ0v) is 18.9. The molecular formula is C26H29N3O. The van der Waals surface area contributed by atoms with E-state index in [1.807, 2.05) is 17.9 Å². The maximum atomic E-state index is 6.36. The highest BCUT2D eigenvalue weighted by molar-refractivity contribution is 6.05. The molecule has 154 valence electrons. The van der Waals surface area contributed by atoms with Crippen LogP contribution in [0.5, 0.6) is 5.75 Å². The average molecular weight is 400 g/mol. The van der Waals surface area contributed by atoms with Gasteiger partial charge in [0.2, 0.25) is 0 Å². The second kappa shape index (κ2) is 6.07. The predicted molar refractivity (Wildman–Crippen MR) is 123 cm³/mol. The van der Waals surface area contributed by atoms with Gasteiger partial charge in [-0.2, -0.15) is 5.10 Å². The zero-order valence-electron chi connectivity index (χ0n) is 18.9. The molecule has 0 N–H and O–H groups in total. The van der Waals surface area contributed by atoms with Crippen LogP contribution in [0.2, 0.25) is 0 Å². The number of ether oxygens (including phenoxy) is 1. The van der Waals surface area contributed by atoms with Crippen molar-refractivity contribution >= 4 is 21.8 Å². The van der Waals surface area contributed by atoms with Gasteiger partial charge in [-0.3, -0.25) is 4.68 Å². The molecule has 5 rings (SSSR count). The smallest absolute Gasteiger partial charge is 0.132 e. The number of nitrogens with zero attached hydrogens (tertiary/aromatic N) is 3. The summed E-state index contributed by atoms with van der Waals surface area (Å²) in [4.78, 5) is 5.21. The van der Waals surface area contributed by atoms with E-state index < -0.39 is 0 Å². The van der Waals surface area contributed by atoms with Gasteiger partial charge in [-0.15, -0.1) is 0 Å². The fourth-order valence-electron chi connectivity index (χ4n) is 4.35. The summed E-state index contributed by atoms with van der Waals surface area (Å²) in [5.74, 6) is 0.980. The molecule has 4 aromatic rings. The molecule has 4 nitrogen and oxygen atoms in total. The summed E-state index contributed by atoms with van der Waals surface area (Å²) in [5, 5.41) is 6.67. The lowest BCUT2D eigenvalue weighted by Gasteiger charge is -2.31. The van der Waals surface area contributed by atoms with Gasteiger partial charge in [-0.1, -0.05) is 53.7 Å². The Morgan fingerprint density at radius 2 is 1.73 bits per heavy atom. The molecule has 4 heteroatoms. The Balaban J connectivity index is 1.86. The van der Waals surface area contributed by atoms with Gasteiger partial charge < -0.3 is 4.74 Å². The molecule has 0 saturated carbocycles. The zero-order chi connectivity index (χ0) is 21.4. The van der Waals surface area contributed by atoms with Gasteiger partial charge in [0, 0.05) is 34.5 Å². The van der Waals surface area contributed by atoms with E-state index in [0.29, 0.717) is 6.61 Å². The van der Waals surface area contributed by atoms with Gasteiger partial charge in [0.05, 0.1) is 22.9 Å². The molecule has 0 bridgehead atoms. The van der Waals surface area contributed by atoms with Crippen molar-refractivity contribution < 1.29 is 4.74 Å². The molecule has 0 radical (unpaired) electrons. The van der Waals surface area contributed by atoms with E-state index in [-0.39, 0.29) is 10.8 Å². The van der Waals surface area contributed by atoms with Gasteiger partial charge in [0.15, 0.2) is 0 Å². The Labute approximate surface area is 177 Å². The number of benzene rings is 2. The number of hydrogen-bond acceptors (Lipinski definition) is 3. The molecule has 2 aromatic heterocycles. The van der Waals surface area contributed by atoms with E-state index in [4.69, 9.17) is 9.72 Å². The van der Waals surface area contributed by atoms with Crippen molar-refractivity contribution in [2.75, 3.05) is 0 Å². The first-order valence-corrected chi connectivity index (χ1v) is 10.6. The van der Waals surface area contributed by atoms with Crippen LogP contribution in [-0.4, -0.2) is 14.8 Å². The Kier molecular flexibility index (Phi) is 3.86. The van der Waals surface area contributed by atoms with Crippen LogP contribution in [0.25, 0.3) is 33.1 Å².